The summed E-state index contributed by atoms with van der Waals surface area (Å²) >= 11 is 6.07. The normalized spacial score (nSPS) is 10.5. The van der Waals surface area contributed by atoms with E-state index in [2.05, 4.69) is 39.7 Å². The van der Waals surface area contributed by atoms with Gasteiger partial charge in [-0.3, -0.25) is 0 Å². The van der Waals surface area contributed by atoms with Gasteiger partial charge in [0, 0.05) is 28.2 Å². The number of anilines is 4. The molecule has 0 amide bonds. The molecule has 0 saturated carbocycles. The summed E-state index contributed by atoms with van der Waals surface area (Å²) in [6.07, 6.45) is 0. The maximum Gasteiger partial charge on any atom is 0.229 e. The summed E-state index contributed by atoms with van der Waals surface area (Å²) in [6, 6.07) is 15.8. The highest BCUT2D eigenvalue weighted by Gasteiger charge is 2.06. The van der Waals surface area contributed by atoms with E-state index in [1.807, 2.05) is 50.2 Å². The van der Waals surface area contributed by atoms with Gasteiger partial charge in [0.05, 0.1) is 0 Å². The van der Waals surface area contributed by atoms with Crippen molar-refractivity contribution in [1.29, 1.82) is 0 Å². The van der Waals surface area contributed by atoms with Crippen LogP contribution in [0.3, 0.4) is 0 Å². The van der Waals surface area contributed by atoms with Crippen molar-refractivity contribution in [3.05, 3.63) is 70.4 Å². The first-order valence-electron chi connectivity index (χ1n) is 7.72. The lowest BCUT2D eigenvalue weighted by molar-refractivity contribution is 1.10. The van der Waals surface area contributed by atoms with Gasteiger partial charge in [0.25, 0.3) is 0 Å². The molecule has 0 radical (unpaired) electrons. The Hall–Kier alpha value is -2.59. The van der Waals surface area contributed by atoms with Crippen LogP contribution in [0, 0.1) is 20.8 Å². The van der Waals surface area contributed by atoms with Crippen LogP contribution in [-0.2, 0) is 0 Å². The van der Waals surface area contributed by atoms with Crippen molar-refractivity contribution in [1.82, 2.24) is 9.97 Å². The van der Waals surface area contributed by atoms with Crippen LogP contribution in [0.4, 0.5) is 23.1 Å². The molecule has 0 fully saturated rings. The number of hydrogen-bond donors (Lipinski definition) is 2. The minimum absolute atomic E-state index is 0.538. The van der Waals surface area contributed by atoms with E-state index in [4.69, 9.17) is 11.6 Å². The molecule has 0 spiro atoms. The van der Waals surface area contributed by atoms with Gasteiger partial charge in [-0.05, 0) is 56.2 Å². The number of hydrogen-bond acceptors (Lipinski definition) is 4. The standard InChI is InChI=1S/C19H19ClN4/c1-12-5-4-6-16(9-12)22-18-10-14(3)21-19(24-18)23-17-11-15(20)8-7-13(17)2/h4-11H,1-3H3,(H2,21,22,23,24). The van der Waals surface area contributed by atoms with E-state index in [0.717, 1.165) is 28.5 Å². The smallest absolute Gasteiger partial charge is 0.229 e. The lowest BCUT2D eigenvalue weighted by Crippen LogP contribution is -2.03. The molecule has 0 aliphatic rings. The summed E-state index contributed by atoms with van der Waals surface area (Å²) in [6.45, 7) is 6.02. The highest BCUT2D eigenvalue weighted by atomic mass is 35.5. The van der Waals surface area contributed by atoms with Crippen molar-refractivity contribution in [2.75, 3.05) is 10.6 Å². The Kier molecular flexibility index (Phi) is 4.67. The van der Waals surface area contributed by atoms with E-state index in [-0.39, 0.29) is 0 Å². The largest absolute Gasteiger partial charge is 0.340 e. The van der Waals surface area contributed by atoms with Gasteiger partial charge in [0.15, 0.2) is 0 Å². The van der Waals surface area contributed by atoms with Crippen LogP contribution in [0.1, 0.15) is 16.8 Å². The first-order valence-corrected chi connectivity index (χ1v) is 8.10. The second-order valence-corrected chi connectivity index (χ2v) is 6.23. The molecule has 1 heterocycles. The van der Waals surface area contributed by atoms with Crippen molar-refractivity contribution in [2.24, 2.45) is 0 Å². The van der Waals surface area contributed by atoms with Crippen molar-refractivity contribution in [3.63, 3.8) is 0 Å². The molecule has 0 atom stereocenters. The fraction of sp³-hybridized carbons (Fsp3) is 0.158. The van der Waals surface area contributed by atoms with Gasteiger partial charge in [-0.1, -0.05) is 29.8 Å². The molecule has 24 heavy (non-hydrogen) atoms. The summed E-state index contributed by atoms with van der Waals surface area (Å²) in [5.41, 5.74) is 5.05. The zero-order chi connectivity index (χ0) is 17.1. The highest BCUT2D eigenvalue weighted by Crippen LogP contribution is 2.24. The molecule has 2 aromatic carbocycles. The van der Waals surface area contributed by atoms with Crippen molar-refractivity contribution in [3.8, 4) is 0 Å². The van der Waals surface area contributed by atoms with Crippen LogP contribution in [0.5, 0.6) is 0 Å². The SMILES string of the molecule is Cc1cccc(Nc2cc(C)nc(Nc3cc(Cl)ccc3C)n2)c1. The fourth-order valence-electron chi connectivity index (χ4n) is 2.41. The second kappa shape index (κ2) is 6.89. The summed E-state index contributed by atoms with van der Waals surface area (Å²) in [4.78, 5) is 9.00. The van der Waals surface area contributed by atoms with Crippen LogP contribution in [0.2, 0.25) is 5.02 Å². The number of nitrogens with zero attached hydrogens (tertiary/aromatic N) is 2. The highest BCUT2D eigenvalue weighted by molar-refractivity contribution is 6.30. The number of aromatic nitrogens is 2. The Morgan fingerprint density at radius 2 is 1.71 bits per heavy atom. The van der Waals surface area contributed by atoms with E-state index in [1.165, 1.54) is 5.56 Å². The van der Waals surface area contributed by atoms with Gasteiger partial charge < -0.3 is 10.6 Å². The van der Waals surface area contributed by atoms with Gasteiger partial charge >= 0.3 is 0 Å². The van der Waals surface area contributed by atoms with Gasteiger partial charge in [-0.15, -0.1) is 0 Å². The zero-order valence-corrected chi connectivity index (χ0v) is 14.6. The summed E-state index contributed by atoms with van der Waals surface area (Å²) in [5, 5.41) is 7.24. The minimum atomic E-state index is 0.538. The lowest BCUT2D eigenvalue weighted by Gasteiger charge is -2.12. The van der Waals surface area contributed by atoms with Crippen LogP contribution >= 0.6 is 11.6 Å². The zero-order valence-electron chi connectivity index (χ0n) is 13.9. The molecule has 4 nitrogen and oxygen atoms in total. The van der Waals surface area contributed by atoms with Gasteiger partial charge in [0.1, 0.15) is 5.82 Å². The summed E-state index contributed by atoms with van der Waals surface area (Å²) < 4.78 is 0. The van der Waals surface area contributed by atoms with Crippen molar-refractivity contribution < 1.29 is 0 Å². The first kappa shape index (κ1) is 16.3. The number of nitrogens with one attached hydrogen (secondary N) is 2. The van der Waals surface area contributed by atoms with E-state index >= 15 is 0 Å². The Morgan fingerprint density at radius 1 is 0.875 bits per heavy atom. The summed E-state index contributed by atoms with van der Waals surface area (Å²) in [7, 11) is 0. The number of benzene rings is 2. The monoisotopic (exact) mass is 338 g/mol. The van der Waals surface area contributed by atoms with Crippen LogP contribution < -0.4 is 10.6 Å². The summed E-state index contributed by atoms with van der Waals surface area (Å²) in [5.74, 6) is 1.28. The topological polar surface area (TPSA) is 49.8 Å². The predicted molar refractivity (Wildman–Crippen MR) is 101 cm³/mol. The maximum atomic E-state index is 6.07. The molecule has 3 aromatic rings. The van der Waals surface area contributed by atoms with E-state index < -0.39 is 0 Å². The molecule has 0 aliphatic heterocycles. The van der Waals surface area contributed by atoms with E-state index in [1.54, 1.807) is 0 Å². The third-order valence-electron chi connectivity index (χ3n) is 3.59. The van der Waals surface area contributed by atoms with Crippen LogP contribution in [0.25, 0.3) is 0 Å². The maximum absolute atomic E-state index is 6.07. The molecule has 2 N–H and O–H groups in total. The quantitative estimate of drug-likeness (QED) is 0.655. The number of halogens is 1. The molecule has 1 aromatic heterocycles. The molecule has 122 valence electrons. The van der Waals surface area contributed by atoms with Crippen molar-refractivity contribution >= 4 is 34.7 Å². The molecular formula is C19H19ClN4. The molecule has 5 heteroatoms. The molecular weight excluding hydrogens is 320 g/mol. The molecule has 0 bridgehead atoms. The van der Waals surface area contributed by atoms with E-state index in [9.17, 15) is 0 Å². The second-order valence-electron chi connectivity index (χ2n) is 5.80. The average molecular weight is 339 g/mol. The van der Waals surface area contributed by atoms with Crippen molar-refractivity contribution in [2.45, 2.75) is 20.8 Å². The van der Waals surface area contributed by atoms with Crippen LogP contribution in [0.15, 0.2) is 48.5 Å². The molecule has 0 saturated heterocycles. The van der Waals surface area contributed by atoms with Gasteiger partial charge in [0.2, 0.25) is 5.95 Å². The van der Waals surface area contributed by atoms with Gasteiger partial charge in [-0.2, -0.15) is 4.98 Å². The molecule has 0 unspecified atom stereocenters. The van der Waals surface area contributed by atoms with E-state index in [0.29, 0.717) is 11.0 Å². The van der Waals surface area contributed by atoms with Gasteiger partial charge in [-0.25, -0.2) is 4.98 Å². The number of aryl methyl sites for hydroxylation is 3. The Morgan fingerprint density at radius 3 is 2.50 bits per heavy atom. The third kappa shape index (κ3) is 4.03. The fourth-order valence-corrected chi connectivity index (χ4v) is 2.58. The van der Waals surface area contributed by atoms with Crippen LogP contribution in [-0.4, -0.2) is 9.97 Å². The Balaban J connectivity index is 1.87. The first-order chi connectivity index (χ1) is 11.5. The lowest BCUT2D eigenvalue weighted by atomic mass is 10.2. The predicted octanol–water partition coefficient (Wildman–Crippen LogP) is 5.54. The molecule has 3 rings (SSSR count). The Labute approximate surface area is 146 Å². The third-order valence-corrected chi connectivity index (χ3v) is 3.83. The molecule has 0 aliphatic carbocycles. The average Bonchev–Trinajstić information content (AvgIpc) is 2.50. The number of rotatable bonds is 4. The Bertz CT molecular complexity index is 877. The minimum Gasteiger partial charge on any atom is -0.340 e.